The van der Waals surface area contributed by atoms with Gasteiger partial charge in [-0.05, 0) is 30.7 Å². The Balaban J connectivity index is 2.18. The quantitative estimate of drug-likeness (QED) is 0.792. The number of thiophene rings is 1. The molecule has 0 aliphatic carbocycles. The number of hydrogen-bond acceptors (Lipinski definition) is 5. The van der Waals surface area contributed by atoms with Crippen LogP contribution in [0.25, 0.3) is 0 Å². The standard InChI is InChI=1S/C16H24N4S/c1-5-8-17-16-18-12(4)10-14(20-16)19-15(11(2)3)13-7-6-9-21-13/h6-7,9-11,15H,5,8H2,1-4H3,(H2,17,18,19,20). The number of aryl methyl sites for hydroxylation is 1. The number of hydrogen-bond donors (Lipinski definition) is 2. The van der Waals surface area contributed by atoms with E-state index in [1.165, 1.54) is 4.88 Å². The molecule has 1 unspecified atom stereocenters. The highest BCUT2D eigenvalue weighted by Crippen LogP contribution is 2.29. The van der Waals surface area contributed by atoms with Crippen molar-refractivity contribution in [2.75, 3.05) is 17.2 Å². The summed E-state index contributed by atoms with van der Waals surface area (Å²) in [6.45, 7) is 9.47. The van der Waals surface area contributed by atoms with Crippen molar-refractivity contribution in [1.29, 1.82) is 0 Å². The lowest BCUT2D eigenvalue weighted by molar-refractivity contribution is 0.552. The van der Waals surface area contributed by atoms with Crippen molar-refractivity contribution >= 4 is 23.1 Å². The average Bonchev–Trinajstić information content (AvgIpc) is 2.95. The summed E-state index contributed by atoms with van der Waals surface area (Å²) < 4.78 is 0. The zero-order chi connectivity index (χ0) is 15.2. The maximum atomic E-state index is 4.57. The summed E-state index contributed by atoms with van der Waals surface area (Å²) >= 11 is 1.78. The first kappa shape index (κ1) is 15.8. The predicted molar refractivity (Wildman–Crippen MR) is 91.1 cm³/mol. The molecule has 0 amide bonds. The molecule has 114 valence electrons. The molecule has 0 spiro atoms. The Labute approximate surface area is 131 Å². The van der Waals surface area contributed by atoms with Gasteiger partial charge in [-0.2, -0.15) is 4.98 Å². The first-order valence-electron chi connectivity index (χ1n) is 7.49. The highest BCUT2D eigenvalue weighted by molar-refractivity contribution is 7.10. The second kappa shape index (κ2) is 7.41. The highest BCUT2D eigenvalue weighted by atomic mass is 32.1. The summed E-state index contributed by atoms with van der Waals surface area (Å²) in [6, 6.07) is 6.54. The van der Waals surface area contributed by atoms with Gasteiger partial charge in [0, 0.05) is 23.2 Å². The third-order valence-corrected chi connectivity index (χ3v) is 4.16. The summed E-state index contributed by atoms with van der Waals surface area (Å²) in [5.74, 6) is 2.08. The van der Waals surface area contributed by atoms with E-state index in [9.17, 15) is 0 Å². The van der Waals surface area contributed by atoms with Gasteiger partial charge in [-0.3, -0.25) is 0 Å². The van der Waals surface area contributed by atoms with Crippen molar-refractivity contribution in [3.63, 3.8) is 0 Å². The Hall–Kier alpha value is -1.62. The van der Waals surface area contributed by atoms with Crippen LogP contribution in [0.4, 0.5) is 11.8 Å². The SMILES string of the molecule is CCCNc1nc(C)cc(NC(c2cccs2)C(C)C)n1. The molecule has 21 heavy (non-hydrogen) atoms. The molecule has 2 heterocycles. The zero-order valence-corrected chi connectivity index (χ0v) is 14.0. The summed E-state index contributed by atoms with van der Waals surface area (Å²) in [7, 11) is 0. The van der Waals surface area contributed by atoms with Crippen LogP contribution in [0.2, 0.25) is 0 Å². The van der Waals surface area contributed by atoms with Gasteiger partial charge >= 0.3 is 0 Å². The second-order valence-electron chi connectivity index (χ2n) is 5.53. The summed E-state index contributed by atoms with van der Waals surface area (Å²) in [4.78, 5) is 10.3. The Bertz CT molecular complexity index is 551. The summed E-state index contributed by atoms with van der Waals surface area (Å²) in [5, 5.41) is 8.93. The number of anilines is 2. The molecule has 0 saturated heterocycles. The van der Waals surface area contributed by atoms with Crippen LogP contribution >= 0.6 is 11.3 Å². The molecule has 0 aromatic carbocycles. The van der Waals surface area contributed by atoms with Gasteiger partial charge in [0.15, 0.2) is 0 Å². The van der Waals surface area contributed by atoms with E-state index in [2.05, 4.69) is 58.9 Å². The molecule has 0 bridgehead atoms. The fraction of sp³-hybridized carbons (Fsp3) is 0.500. The minimum atomic E-state index is 0.276. The van der Waals surface area contributed by atoms with Crippen LogP contribution in [-0.4, -0.2) is 16.5 Å². The Kier molecular flexibility index (Phi) is 5.56. The van der Waals surface area contributed by atoms with Gasteiger partial charge in [-0.1, -0.05) is 26.8 Å². The van der Waals surface area contributed by atoms with Crippen LogP contribution < -0.4 is 10.6 Å². The van der Waals surface area contributed by atoms with E-state index in [1.54, 1.807) is 11.3 Å². The van der Waals surface area contributed by atoms with E-state index >= 15 is 0 Å². The fourth-order valence-corrected chi connectivity index (χ4v) is 3.10. The fourth-order valence-electron chi connectivity index (χ4n) is 2.15. The molecule has 0 fully saturated rings. The van der Waals surface area contributed by atoms with Crippen LogP contribution in [-0.2, 0) is 0 Å². The molecule has 0 saturated carbocycles. The summed E-state index contributed by atoms with van der Waals surface area (Å²) in [6.07, 6.45) is 1.06. The first-order valence-corrected chi connectivity index (χ1v) is 8.37. The Morgan fingerprint density at radius 2 is 2.10 bits per heavy atom. The molecule has 2 rings (SSSR count). The molecular weight excluding hydrogens is 280 g/mol. The number of nitrogens with one attached hydrogen (secondary N) is 2. The monoisotopic (exact) mass is 304 g/mol. The summed E-state index contributed by atoms with van der Waals surface area (Å²) in [5.41, 5.74) is 0.972. The van der Waals surface area contributed by atoms with E-state index in [1.807, 2.05) is 13.0 Å². The molecule has 0 aliphatic heterocycles. The van der Waals surface area contributed by atoms with Gasteiger partial charge in [0.1, 0.15) is 5.82 Å². The van der Waals surface area contributed by atoms with E-state index in [-0.39, 0.29) is 6.04 Å². The smallest absolute Gasteiger partial charge is 0.224 e. The van der Waals surface area contributed by atoms with Crippen LogP contribution in [0.15, 0.2) is 23.6 Å². The van der Waals surface area contributed by atoms with Crippen molar-refractivity contribution in [2.24, 2.45) is 5.92 Å². The number of rotatable bonds is 7. The van der Waals surface area contributed by atoms with E-state index in [0.717, 1.165) is 24.5 Å². The second-order valence-corrected chi connectivity index (χ2v) is 6.51. The average molecular weight is 304 g/mol. The maximum absolute atomic E-state index is 4.57. The lowest BCUT2D eigenvalue weighted by Crippen LogP contribution is -2.17. The zero-order valence-electron chi connectivity index (χ0n) is 13.2. The van der Waals surface area contributed by atoms with Crippen LogP contribution in [0.5, 0.6) is 0 Å². The molecular formula is C16H24N4S. The number of nitrogens with zero attached hydrogens (tertiary/aromatic N) is 2. The Morgan fingerprint density at radius 1 is 1.29 bits per heavy atom. The van der Waals surface area contributed by atoms with Crippen molar-refractivity contribution in [1.82, 2.24) is 9.97 Å². The third kappa shape index (κ3) is 4.43. The van der Waals surface area contributed by atoms with Crippen molar-refractivity contribution < 1.29 is 0 Å². The first-order chi connectivity index (χ1) is 10.1. The lowest BCUT2D eigenvalue weighted by Gasteiger charge is -2.22. The minimum Gasteiger partial charge on any atom is -0.362 e. The lowest BCUT2D eigenvalue weighted by atomic mass is 10.0. The molecule has 0 aliphatic rings. The van der Waals surface area contributed by atoms with E-state index < -0.39 is 0 Å². The molecule has 1 atom stereocenters. The van der Waals surface area contributed by atoms with Crippen molar-refractivity contribution in [2.45, 2.75) is 40.2 Å². The molecule has 0 radical (unpaired) electrons. The van der Waals surface area contributed by atoms with E-state index in [0.29, 0.717) is 11.9 Å². The van der Waals surface area contributed by atoms with Crippen LogP contribution in [0.1, 0.15) is 43.8 Å². The minimum absolute atomic E-state index is 0.276. The Morgan fingerprint density at radius 3 is 2.71 bits per heavy atom. The maximum Gasteiger partial charge on any atom is 0.224 e. The molecule has 2 aromatic heterocycles. The van der Waals surface area contributed by atoms with Gasteiger partial charge in [0.25, 0.3) is 0 Å². The van der Waals surface area contributed by atoms with Crippen LogP contribution in [0, 0.1) is 12.8 Å². The van der Waals surface area contributed by atoms with Gasteiger partial charge in [-0.25, -0.2) is 4.98 Å². The van der Waals surface area contributed by atoms with E-state index in [4.69, 9.17) is 0 Å². The molecule has 2 aromatic rings. The van der Waals surface area contributed by atoms with Gasteiger partial charge in [0.05, 0.1) is 6.04 Å². The topological polar surface area (TPSA) is 49.8 Å². The normalized spacial score (nSPS) is 12.4. The van der Waals surface area contributed by atoms with Gasteiger partial charge < -0.3 is 10.6 Å². The predicted octanol–water partition coefficient (Wildman–Crippen LogP) is 4.48. The number of aromatic nitrogens is 2. The largest absolute Gasteiger partial charge is 0.362 e. The van der Waals surface area contributed by atoms with Gasteiger partial charge in [0.2, 0.25) is 5.95 Å². The van der Waals surface area contributed by atoms with Crippen LogP contribution in [0.3, 0.4) is 0 Å². The molecule has 4 nitrogen and oxygen atoms in total. The van der Waals surface area contributed by atoms with Gasteiger partial charge in [-0.15, -0.1) is 11.3 Å². The highest BCUT2D eigenvalue weighted by Gasteiger charge is 2.17. The third-order valence-electron chi connectivity index (χ3n) is 3.21. The molecule has 2 N–H and O–H groups in total. The molecule has 5 heteroatoms. The van der Waals surface area contributed by atoms with Crippen molar-refractivity contribution in [3.05, 3.63) is 34.2 Å². The van der Waals surface area contributed by atoms with Crippen molar-refractivity contribution in [3.8, 4) is 0 Å².